The summed E-state index contributed by atoms with van der Waals surface area (Å²) in [4.78, 5) is 10.8. The maximum atomic E-state index is 11.9. The lowest BCUT2D eigenvalue weighted by atomic mass is 10.1. The van der Waals surface area contributed by atoms with Crippen LogP contribution >= 0.6 is 0 Å². The van der Waals surface area contributed by atoms with Crippen molar-refractivity contribution in [2.75, 3.05) is 16.6 Å². The van der Waals surface area contributed by atoms with Gasteiger partial charge in [-0.1, -0.05) is 0 Å². The second kappa shape index (κ2) is 3.92. The lowest BCUT2D eigenvalue weighted by Gasteiger charge is -2.19. The second-order valence-corrected chi connectivity index (χ2v) is 5.47. The van der Waals surface area contributed by atoms with Crippen molar-refractivity contribution in [3.05, 3.63) is 23.8 Å². The van der Waals surface area contributed by atoms with Crippen LogP contribution in [-0.4, -0.2) is 20.9 Å². The predicted octanol–water partition coefficient (Wildman–Crippen LogP) is 0.0122. The van der Waals surface area contributed by atoms with Crippen LogP contribution in [0.2, 0.25) is 0 Å². The van der Waals surface area contributed by atoms with Gasteiger partial charge in [0.15, 0.2) is 0 Å². The summed E-state index contributed by atoms with van der Waals surface area (Å²) in [5, 5.41) is 0. The fraction of sp³-hybridized carbons (Fsp3) is 0.300. The monoisotopic (exact) mass is 255 g/mol. The summed E-state index contributed by atoms with van der Waals surface area (Å²) in [5.41, 5.74) is 7.68. The van der Waals surface area contributed by atoms with Crippen molar-refractivity contribution in [1.29, 1.82) is 0 Å². The van der Waals surface area contributed by atoms with Gasteiger partial charge in [0.2, 0.25) is 5.91 Å². The van der Waals surface area contributed by atoms with E-state index in [0.29, 0.717) is 24.3 Å². The van der Waals surface area contributed by atoms with Crippen LogP contribution < -0.4 is 14.8 Å². The molecule has 0 unspecified atom stereocenters. The van der Waals surface area contributed by atoms with E-state index < -0.39 is 16.1 Å². The maximum absolute atomic E-state index is 11.9. The van der Waals surface area contributed by atoms with Gasteiger partial charge in [-0.25, -0.2) is 4.72 Å². The third-order valence-corrected chi connectivity index (χ3v) is 4.02. The van der Waals surface area contributed by atoms with Gasteiger partial charge in [0.05, 0.1) is 5.69 Å². The Hall–Kier alpha value is -1.76. The van der Waals surface area contributed by atoms with Crippen LogP contribution in [0.5, 0.6) is 0 Å². The molecule has 0 fully saturated rings. The number of nitrogens with two attached hydrogens (primary N) is 1. The van der Waals surface area contributed by atoms with E-state index in [1.54, 1.807) is 18.2 Å². The molecule has 92 valence electrons. The first-order valence-electron chi connectivity index (χ1n) is 5.09. The van der Waals surface area contributed by atoms with E-state index in [9.17, 15) is 13.2 Å². The summed E-state index contributed by atoms with van der Waals surface area (Å²) < 4.78 is 26.8. The van der Waals surface area contributed by atoms with Gasteiger partial charge in [0, 0.05) is 19.2 Å². The molecule has 1 heterocycles. The molecule has 7 heteroatoms. The van der Waals surface area contributed by atoms with Crippen LogP contribution in [0.15, 0.2) is 18.2 Å². The summed E-state index contributed by atoms with van der Waals surface area (Å²) in [7, 11) is -3.79. The molecule has 1 aromatic rings. The topological polar surface area (TPSA) is 92.5 Å². The first-order valence-corrected chi connectivity index (χ1v) is 6.53. The van der Waals surface area contributed by atoms with E-state index in [1.807, 2.05) is 4.72 Å². The van der Waals surface area contributed by atoms with Crippen molar-refractivity contribution < 1.29 is 13.2 Å². The molecule has 0 saturated carbocycles. The molecular formula is C10H13N3O3S. The van der Waals surface area contributed by atoms with Gasteiger partial charge < -0.3 is 5.73 Å². The summed E-state index contributed by atoms with van der Waals surface area (Å²) in [6.07, 6.45) is 0.596. The standard InChI is InChI=1S/C10H13N3O3S/c1-7(14)12-17(15,16)13-5-4-8-6-9(11)2-3-10(8)13/h2-3,6H,4-5,11H2,1H3,(H,12,14). The molecule has 1 aliphatic rings. The third-order valence-electron chi connectivity index (χ3n) is 2.52. The van der Waals surface area contributed by atoms with Crippen molar-refractivity contribution in [2.45, 2.75) is 13.3 Å². The first kappa shape index (κ1) is 11.7. The Balaban J connectivity index is 2.37. The summed E-state index contributed by atoms with van der Waals surface area (Å²) in [6, 6.07) is 5.04. The molecule has 17 heavy (non-hydrogen) atoms. The van der Waals surface area contributed by atoms with E-state index in [1.165, 1.54) is 4.31 Å². The Kier molecular flexibility index (Phi) is 2.70. The molecule has 2 rings (SSSR count). The van der Waals surface area contributed by atoms with Crippen LogP contribution in [0.4, 0.5) is 11.4 Å². The Morgan fingerprint density at radius 2 is 2.18 bits per heavy atom. The predicted molar refractivity (Wildman–Crippen MR) is 64.6 cm³/mol. The number of amides is 1. The molecule has 0 saturated heterocycles. The fourth-order valence-electron chi connectivity index (χ4n) is 1.88. The number of anilines is 2. The van der Waals surface area contributed by atoms with E-state index >= 15 is 0 Å². The highest BCUT2D eigenvalue weighted by molar-refractivity contribution is 7.91. The van der Waals surface area contributed by atoms with Gasteiger partial charge in [-0.3, -0.25) is 9.10 Å². The van der Waals surface area contributed by atoms with Gasteiger partial charge in [-0.15, -0.1) is 0 Å². The zero-order valence-electron chi connectivity index (χ0n) is 9.30. The molecule has 1 amide bonds. The van der Waals surface area contributed by atoms with Crippen molar-refractivity contribution >= 4 is 27.5 Å². The largest absolute Gasteiger partial charge is 0.399 e. The van der Waals surface area contributed by atoms with Gasteiger partial charge in [-0.2, -0.15) is 8.42 Å². The zero-order chi connectivity index (χ0) is 12.6. The van der Waals surface area contributed by atoms with E-state index in [4.69, 9.17) is 5.73 Å². The quantitative estimate of drug-likeness (QED) is 0.728. The number of carbonyl (C=O) groups is 1. The van der Waals surface area contributed by atoms with Crippen molar-refractivity contribution in [1.82, 2.24) is 4.72 Å². The average Bonchev–Trinajstić information content (AvgIpc) is 2.58. The lowest BCUT2D eigenvalue weighted by Crippen LogP contribution is -2.41. The minimum absolute atomic E-state index is 0.321. The van der Waals surface area contributed by atoms with Gasteiger partial charge in [0.1, 0.15) is 0 Å². The molecule has 0 aliphatic carbocycles. The Bertz CT molecular complexity index is 568. The van der Waals surface area contributed by atoms with Crippen molar-refractivity contribution in [3.63, 3.8) is 0 Å². The summed E-state index contributed by atoms with van der Waals surface area (Å²) in [5.74, 6) is -0.603. The highest BCUT2D eigenvalue weighted by atomic mass is 32.2. The van der Waals surface area contributed by atoms with Crippen LogP contribution in [0.25, 0.3) is 0 Å². The number of hydrogen-bond acceptors (Lipinski definition) is 4. The summed E-state index contributed by atoms with van der Waals surface area (Å²) >= 11 is 0. The molecule has 1 aliphatic heterocycles. The number of fused-ring (bicyclic) bond motifs is 1. The third kappa shape index (κ3) is 2.19. The second-order valence-electron chi connectivity index (χ2n) is 3.87. The number of hydrogen-bond donors (Lipinski definition) is 2. The molecule has 0 atom stereocenters. The number of nitrogens with one attached hydrogen (secondary N) is 1. The van der Waals surface area contributed by atoms with Crippen LogP contribution in [0, 0.1) is 0 Å². The summed E-state index contributed by atoms with van der Waals surface area (Å²) in [6.45, 7) is 1.49. The molecule has 0 spiro atoms. The number of rotatable bonds is 2. The molecule has 0 aromatic heterocycles. The van der Waals surface area contributed by atoms with E-state index in [2.05, 4.69) is 0 Å². The van der Waals surface area contributed by atoms with E-state index in [0.717, 1.165) is 12.5 Å². The van der Waals surface area contributed by atoms with Crippen molar-refractivity contribution in [2.24, 2.45) is 0 Å². The Labute approximate surface area is 99.6 Å². The molecule has 3 N–H and O–H groups in total. The number of nitrogen functional groups attached to an aromatic ring is 1. The number of benzene rings is 1. The zero-order valence-corrected chi connectivity index (χ0v) is 10.1. The Morgan fingerprint density at radius 1 is 1.47 bits per heavy atom. The maximum Gasteiger partial charge on any atom is 0.326 e. The highest BCUT2D eigenvalue weighted by Crippen LogP contribution is 2.31. The van der Waals surface area contributed by atoms with E-state index in [-0.39, 0.29) is 0 Å². The van der Waals surface area contributed by atoms with Crippen LogP contribution in [0.1, 0.15) is 12.5 Å². The normalized spacial score (nSPS) is 14.5. The van der Waals surface area contributed by atoms with Crippen molar-refractivity contribution in [3.8, 4) is 0 Å². The molecule has 0 radical (unpaired) electrons. The lowest BCUT2D eigenvalue weighted by molar-refractivity contribution is -0.117. The van der Waals surface area contributed by atoms with Gasteiger partial charge in [0.25, 0.3) is 0 Å². The minimum Gasteiger partial charge on any atom is -0.399 e. The Morgan fingerprint density at radius 3 is 2.82 bits per heavy atom. The minimum atomic E-state index is -3.79. The van der Waals surface area contributed by atoms with Gasteiger partial charge >= 0.3 is 10.2 Å². The molecule has 0 bridgehead atoms. The number of nitrogens with zero attached hydrogens (tertiary/aromatic N) is 1. The fourth-order valence-corrected chi connectivity index (χ4v) is 3.12. The molecule has 1 aromatic carbocycles. The SMILES string of the molecule is CC(=O)NS(=O)(=O)N1CCc2cc(N)ccc21. The first-order chi connectivity index (χ1) is 7.90. The highest BCUT2D eigenvalue weighted by Gasteiger charge is 2.29. The number of carbonyl (C=O) groups excluding carboxylic acids is 1. The van der Waals surface area contributed by atoms with Crippen LogP contribution in [-0.2, 0) is 21.4 Å². The molecule has 6 nitrogen and oxygen atoms in total. The van der Waals surface area contributed by atoms with Gasteiger partial charge in [-0.05, 0) is 30.2 Å². The molecular weight excluding hydrogens is 242 g/mol. The van der Waals surface area contributed by atoms with Crippen LogP contribution in [0.3, 0.4) is 0 Å². The smallest absolute Gasteiger partial charge is 0.326 e. The average molecular weight is 255 g/mol.